The lowest BCUT2D eigenvalue weighted by atomic mass is 10.1. The minimum atomic E-state index is -4.92. The first-order valence-electron chi connectivity index (χ1n) is 7.94. The van der Waals surface area contributed by atoms with Crippen LogP contribution in [0.25, 0.3) is 6.08 Å². The molecule has 0 amide bonds. The Morgan fingerprint density at radius 3 is 2.46 bits per heavy atom. The average Bonchev–Trinajstić information content (AvgIpc) is 3.11. The van der Waals surface area contributed by atoms with Crippen molar-refractivity contribution < 1.29 is 42.6 Å². The highest BCUT2D eigenvalue weighted by Crippen LogP contribution is 2.44. The smallest absolute Gasteiger partial charge is 0.496 e. The number of fused-ring (bicyclic) bond motifs is 1. The van der Waals surface area contributed by atoms with Crippen LogP contribution in [0.15, 0.2) is 36.4 Å². The van der Waals surface area contributed by atoms with Crippen LogP contribution in [0.4, 0.5) is 0 Å². The van der Waals surface area contributed by atoms with E-state index in [9.17, 15) is 9.36 Å². The van der Waals surface area contributed by atoms with Crippen LogP contribution in [0.1, 0.15) is 15.9 Å². The molecule has 9 nitrogen and oxygen atoms in total. The first-order chi connectivity index (χ1) is 13.3. The number of allylic oxidation sites excluding steroid dienone is 1. The molecule has 0 unspecified atom stereocenters. The predicted molar refractivity (Wildman–Crippen MR) is 98.1 cm³/mol. The Labute approximate surface area is 160 Å². The summed E-state index contributed by atoms with van der Waals surface area (Å²) >= 11 is 0. The minimum absolute atomic E-state index is 0.0446. The summed E-state index contributed by atoms with van der Waals surface area (Å²) < 4.78 is 36.7. The maximum absolute atomic E-state index is 12.7. The van der Waals surface area contributed by atoms with Crippen LogP contribution in [-0.4, -0.2) is 36.6 Å². The van der Waals surface area contributed by atoms with Crippen molar-refractivity contribution in [3.8, 4) is 28.7 Å². The Balaban J connectivity index is 1.96. The molecule has 0 saturated carbocycles. The maximum atomic E-state index is 12.7. The molecule has 0 saturated heterocycles. The highest BCUT2D eigenvalue weighted by atomic mass is 31.2. The number of phosphoric ester groups is 1. The van der Waals surface area contributed by atoms with Gasteiger partial charge >= 0.3 is 7.82 Å². The van der Waals surface area contributed by atoms with Crippen molar-refractivity contribution >= 4 is 19.7 Å². The van der Waals surface area contributed by atoms with E-state index in [4.69, 9.17) is 28.7 Å². The molecular weight excluding hydrogens is 391 g/mol. The number of hydrogen-bond acceptors (Lipinski definition) is 7. The number of ketones is 1. The quantitative estimate of drug-likeness (QED) is 0.405. The SMILES string of the molecule is COc1cc(OC)c(C(=O)/C=C/c2ccc3c(c2)OCO3)c(OP(=O)(O)O)c1. The number of benzene rings is 2. The number of ether oxygens (including phenoxy) is 4. The molecular formula is C18H17O9P. The van der Waals surface area contributed by atoms with Crippen molar-refractivity contribution in [2.24, 2.45) is 0 Å². The number of carbonyl (C=O) groups is 1. The van der Waals surface area contributed by atoms with Crippen molar-refractivity contribution in [1.29, 1.82) is 0 Å². The molecule has 0 atom stereocenters. The van der Waals surface area contributed by atoms with Gasteiger partial charge < -0.3 is 23.5 Å². The van der Waals surface area contributed by atoms with Gasteiger partial charge in [0.2, 0.25) is 6.79 Å². The molecule has 0 aromatic heterocycles. The van der Waals surface area contributed by atoms with Gasteiger partial charge in [-0.2, -0.15) is 0 Å². The van der Waals surface area contributed by atoms with Crippen molar-refractivity contribution in [1.82, 2.24) is 0 Å². The van der Waals surface area contributed by atoms with Crippen molar-refractivity contribution in [3.63, 3.8) is 0 Å². The fourth-order valence-corrected chi connectivity index (χ4v) is 2.96. The van der Waals surface area contributed by atoms with E-state index in [-0.39, 0.29) is 29.6 Å². The lowest BCUT2D eigenvalue weighted by Gasteiger charge is -2.15. The van der Waals surface area contributed by atoms with E-state index >= 15 is 0 Å². The third kappa shape index (κ3) is 4.45. The van der Waals surface area contributed by atoms with Crippen LogP contribution in [0, 0.1) is 0 Å². The van der Waals surface area contributed by atoms with Gasteiger partial charge in [0, 0.05) is 12.1 Å². The van der Waals surface area contributed by atoms with Crippen LogP contribution in [0.5, 0.6) is 28.7 Å². The lowest BCUT2D eigenvalue weighted by molar-refractivity contribution is 0.104. The van der Waals surface area contributed by atoms with E-state index in [1.165, 1.54) is 38.5 Å². The molecule has 1 heterocycles. The Hall–Kier alpha value is -3.00. The molecule has 0 radical (unpaired) electrons. The molecule has 0 spiro atoms. The molecule has 28 heavy (non-hydrogen) atoms. The number of hydrogen-bond donors (Lipinski definition) is 2. The van der Waals surface area contributed by atoms with Crippen LogP contribution in [-0.2, 0) is 4.57 Å². The Kier molecular flexibility index (Phi) is 5.60. The summed E-state index contributed by atoms with van der Waals surface area (Å²) in [5, 5.41) is 0. The monoisotopic (exact) mass is 408 g/mol. The largest absolute Gasteiger partial charge is 0.524 e. The van der Waals surface area contributed by atoms with E-state index in [2.05, 4.69) is 4.52 Å². The second-order valence-corrected chi connectivity index (χ2v) is 6.76. The first-order valence-corrected chi connectivity index (χ1v) is 9.47. The van der Waals surface area contributed by atoms with Crippen LogP contribution in [0.2, 0.25) is 0 Å². The predicted octanol–water partition coefficient (Wildman–Crippen LogP) is 2.80. The van der Waals surface area contributed by atoms with Gasteiger partial charge in [0.05, 0.1) is 14.2 Å². The zero-order chi connectivity index (χ0) is 20.3. The van der Waals surface area contributed by atoms with E-state index in [1.807, 2.05) is 0 Å². The topological polar surface area (TPSA) is 121 Å². The molecule has 3 rings (SSSR count). The van der Waals surface area contributed by atoms with Crippen LogP contribution in [0.3, 0.4) is 0 Å². The van der Waals surface area contributed by atoms with E-state index in [0.717, 1.165) is 0 Å². The summed E-state index contributed by atoms with van der Waals surface area (Å²) in [7, 11) is -2.25. The standard InChI is InChI=1S/C18H17O9P/c1-23-12-8-16(24-2)18(17(9-12)27-28(20,21)22)13(19)5-3-11-4-6-14-15(7-11)26-10-25-14/h3-9H,10H2,1-2H3,(H2,20,21,22)/b5-3+. The maximum Gasteiger partial charge on any atom is 0.524 e. The zero-order valence-electron chi connectivity index (χ0n) is 14.9. The van der Waals surface area contributed by atoms with Gasteiger partial charge in [0.25, 0.3) is 0 Å². The molecule has 2 N–H and O–H groups in total. The van der Waals surface area contributed by atoms with E-state index in [0.29, 0.717) is 17.1 Å². The summed E-state index contributed by atoms with van der Waals surface area (Å²) in [6, 6.07) is 7.75. The van der Waals surface area contributed by atoms with Crippen molar-refractivity contribution in [3.05, 3.63) is 47.5 Å². The molecule has 2 aromatic carbocycles. The summed E-state index contributed by atoms with van der Waals surface area (Å²) in [5.74, 6) is 0.477. The van der Waals surface area contributed by atoms with Gasteiger partial charge in [-0.1, -0.05) is 12.1 Å². The van der Waals surface area contributed by atoms with Crippen molar-refractivity contribution in [2.45, 2.75) is 0 Å². The van der Waals surface area contributed by atoms with Crippen LogP contribution < -0.4 is 23.5 Å². The molecule has 1 aliphatic heterocycles. The molecule has 2 aromatic rings. The molecule has 0 fully saturated rings. The summed E-state index contributed by atoms with van der Waals surface area (Å²) in [6.07, 6.45) is 2.75. The zero-order valence-corrected chi connectivity index (χ0v) is 15.8. The number of carbonyl (C=O) groups excluding carboxylic acids is 1. The highest BCUT2D eigenvalue weighted by Gasteiger charge is 2.25. The fourth-order valence-electron chi connectivity index (χ4n) is 2.56. The third-order valence-corrected chi connectivity index (χ3v) is 4.22. The van der Waals surface area contributed by atoms with Gasteiger partial charge in [0.1, 0.15) is 22.8 Å². The van der Waals surface area contributed by atoms with Crippen molar-refractivity contribution in [2.75, 3.05) is 21.0 Å². The first kappa shape index (κ1) is 19.8. The second-order valence-electron chi connectivity index (χ2n) is 5.59. The van der Waals surface area contributed by atoms with E-state index in [1.54, 1.807) is 18.2 Å². The molecule has 1 aliphatic rings. The molecule has 0 bridgehead atoms. The summed E-state index contributed by atoms with van der Waals surface area (Å²) in [5.41, 5.74) is 0.520. The Bertz CT molecular complexity index is 977. The molecule has 10 heteroatoms. The summed E-state index contributed by atoms with van der Waals surface area (Å²) in [4.78, 5) is 31.0. The van der Waals surface area contributed by atoms with Gasteiger partial charge in [-0.25, -0.2) is 4.57 Å². The van der Waals surface area contributed by atoms with Gasteiger partial charge in [0.15, 0.2) is 17.3 Å². The van der Waals surface area contributed by atoms with Gasteiger partial charge in [-0.3, -0.25) is 14.6 Å². The van der Waals surface area contributed by atoms with E-state index < -0.39 is 13.6 Å². The Morgan fingerprint density at radius 1 is 1.07 bits per heavy atom. The highest BCUT2D eigenvalue weighted by molar-refractivity contribution is 7.46. The molecule has 0 aliphatic carbocycles. The fraction of sp³-hybridized carbons (Fsp3) is 0.167. The second kappa shape index (κ2) is 7.93. The Morgan fingerprint density at radius 2 is 1.79 bits per heavy atom. The van der Waals surface area contributed by atoms with Gasteiger partial charge in [-0.15, -0.1) is 0 Å². The van der Waals surface area contributed by atoms with Crippen LogP contribution >= 0.6 is 7.82 Å². The number of phosphoric acid groups is 1. The minimum Gasteiger partial charge on any atom is -0.496 e. The summed E-state index contributed by atoms with van der Waals surface area (Å²) in [6.45, 7) is 0.132. The molecule has 148 valence electrons. The average molecular weight is 408 g/mol. The van der Waals surface area contributed by atoms with Gasteiger partial charge in [-0.05, 0) is 23.8 Å². The normalized spacial score (nSPS) is 12.9. The lowest BCUT2D eigenvalue weighted by Crippen LogP contribution is -2.04. The number of rotatable bonds is 7. The third-order valence-electron chi connectivity index (χ3n) is 3.78. The number of methoxy groups -OCH3 is 2.